The van der Waals surface area contributed by atoms with E-state index >= 15 is 0 Å². The van der Waals surface area contributed by atoms with Crippen molar-refractivity contribution >= 4 is 45.2 Å². The van der Waals surface area contributed by atoms with Gasteiger partial charge in [-0.25, -0.2) is 4.18 Å². The highest BCUT2D eigenvalue weighted by atomic mass is 35.5. The van der Waals surface area contributed by atoms with Crippen LogP contribution in [0.3, 0.4) is 0 Å². The minimum atomic E-state index is -5.21. The summed E-state index contributed by atoms with van der Waals surface area (Å²) in [7, 11) is -2.42. The van der Waals surface area contributed by atoms with Crippen LogP contribution in [0.2, 0.25) is 5.02 Å². The summed E-state index contributed by atoms with van der Waals surface area (Å²) in [6.45, 7) is 0. The number of halogens is 1. The highest BCUT2D eigenvalue weighted by Gasteiger charge is 2.65. The van der Waals surface area contributed by atoms with E-state index in [1.165, 1.54) is 19.0 Å². The average Bonchev–Trinajstić information content (AvgIpc) is 2.74. The number of carbonyl (C=O) groups is 3. The fourth-order valence-electron chi connectivity index (χ4n) is 5.46. The lowest BCUT2D eigenvalue weighted by atomic mass is 9.57. The molecule has 1 amide bonds. The number of nitrogens with two attached hydrogens (primary N) is 1. The van der Waals surface area contributed by atoms with Gasteiger partial charge in [0.1, 0.15) is 28.9 Å². The van der Waals surface area contributed by atoms with Gasteiger partial charge in [-0.1, -0.05) is 11.6 Å². The Balaban J connectivity index is 2.07. The molecule has 3 aliphatic rings. The normalized spacial score (nSPS) is 30.3. The molecule has 1 aromatic rings. The van der Waals surface area contributed by atoms with Crippen LogP contribution >= 0.6 is 11.6 Å². The summed E-state index contributed by atoms with van der Waals surface area (Å²) in [5.41, 5.74) is -0.176. The molecular formula is C21H21ClN2O11S. The Hall–Kier alpha value is -3.01. The van der Waals surface area contributed by atoms with Gasteiger partial charge in [-0.3, -0.25) is 23.8 Å². The molecular weight excluding hydrogens is 524 g/mol. The summed E-state index contributed by atoms with van der Waals surface area (Å²) in [5, 5.41) is 43.6. The van der Waals surface area contributed by atoms with Gasteiger partial charge in [-0.05, 0) is 32.6 Å². The van der Waals surface area contributed by atoms with Crippen LogP contribution in [0.1, 0.15) is 23.7 Å². The van der Waals surface area contributed by atoms with E-state index in [4.69, 9.17) is 21.5 Å². The number of benzene rings is 1. The van der Waals surface area contributed by atoms with Gasteiger partial charge in [0.2, 0.25) is 5.78 Å². The highest BCUT2D eigenvalue weighted by Crippen LogP contribution is 2.57. The molecule has 0 spiro atoms. The molecule has 3 aliphatic carbocycles. The molecule has 0 aromatic heterocycles. The van der Waals surface area contributed by atoms with Crippen LogP contribution in [0, 0.1) is 11.8 Å². The van der Waals surface area contributed by atoms with E-state index in [2.05, 4.69) is 0 Å². The third kappa shape index (κ3) is 3.52. The number of rotatable bonds is 4. The number of Topliss-reactive ketones (excluding diaryl/α,β-unsaturated/α-hetero) is 2. The number of nitrogens with zero attached hydrogens (tertiary/aromatic N) is 1. The van der Waals surface area contributed by atoms with Crippen LogP contribution in [0.5, 0.6) is 5.75 Å². The zero-order valence-electron chi connectivity index (χ0n) is 18.7. The highest BCUT2D eigenvalue weighted by molar-refractivity contribution is 7.80. The maximum atomic E-state index is 13.8. The average molecular weight is 545 g/mol. The van der Waals surface area contributed by atoms with E-state index in [0.29, 0.717) is 0 Å². The number of likely N-dealkylation sites (N-methyl/N-ethyl adjacent to an activating group) is 1. The fraction of sp³-hybridized carbons (Fsp3) is 0.381. The van der Waals surface area contributed by atoms with E-state index in [0.717, 1.165) is 12.1 Å². The monoisotopic (exact) mass is 544 g/mol. The van der Waals surface area contributed by atoms with Crippen LogP contribution < -0.4 is 5.73 Å². The molecule has 0 aliphatic heterocycles. The van der Waals surface area contributed by atoms with Crippen molar-refractivity contribution in [2.24, 2.45) is 17.6 Å². The summed E-state index contributed by atoms with van der Waals surface area (Å²) in [5.74, 6) is -9.62. The maximum absolute atomic E-state index is 13.8. The predicted octanol–water partition coefficient (Wildman–Crippen LogP) is -0.0646. The maximum Gasteiger partial charge on any atom is 0.397 e. The quantitative estimate of drug-likeness (QED) is 0.216. The number of carbonyl (C=O) groups excluding carboxylic acids is 3. The van der Waals surface area contributed by atoms with Crippen molar-refractivity contribution in [3.8, 4) is 5.75 Å². The van der Waals surface area contributed by atoms with Crippen LogP contribution in [0.25, 0.3) is 5.76 Å². The number of aromatic hydroxyl groups is 1. The first kappa shape index (κ1) is 26.1. The number of hydrogen-bond acceptors (Lipinski definition) is 11. The van der Waals surface area contributed by atoms with Gasteiger partial charge in [0.15, 0.2) is 11.4 Å². The van der Waals surface area contributed by atoms with Gasteiger partial charge in [0.25, 0.3) is 5.91 Å². The molecule has 0 heterocycles. The van der Waals surface area contributed by atoms with Crippen molar-refractivity contribution in [2.75, 3.05) is 14.1 Å². The first-order valence-electron chi connectivity index (χ1n) is 10.4. The molecule has 1 saturated carbocycles. The molecule has 4 rings (SSSR count). The number of phenols is 1. The van der Waals surface area contributed by atoms with Crippen molar-refractivity contribution in [3.05, 3.63) is 45.2 Å². The molecule has 1 aromatic carbocycles. The van der Waals surface area contributed by atoms with Gasteiger partial charge < -0.3 is 26.2 Å². The standard InChI is InChI=1S/C21H21ClN2O11S/c1-24(2)14-7-5-6-10(18(28)21(7,31)19(29)13(16(14)27)20(23)30)15(26)12-9(25)4-3-8(22)11(12)17(6)35-36(32,33)34/h3-4,6-7,14,17,25-26,29,31H,5H2,1-2H3,(H2,23,30)(H,32,33,34)/t6-,7-,14-,17-,21-/m0/s1. The largest absolute Gasteiger partial charge is 0.508 e. The second-order valence-electron chi connectivity index (χ2n) is 8.97. The van der Waals surface area contributed by atoms with Gasteiger partial charge >= 0.3 is 10.4 Å². The summed E-state index contributed by atoms with van der Waals surface area (Å²) < 4.78 is 37.8. The first-order chi connectivity index (χ1) is 16.5. The number of aliphatic hydroxyl groups is 3. The topological polar surface area (TPSA) is 225 Å². The third-order valence-electron chi connectivity index (χ3n) is 6.84. The summed E-state index contributed by atoms with van der Waals surface area (Å²) in [4.78, 5) is 40.1. The lowest BCUT2D eigenvalue weighted by Crippen LogP contribution is -2.66. The lowest BCUT2D eigenvalue weighted by molar-refractivity contribution is -0.155. The number of phenolic OH excluding ortho intramolecular Hbond substituents is 1. The minimum absolute atomic E-state index is 0.196. The smallest absolute Gasteiger partial charge is 0.397 e. The van der Waals surface area contributed by atoms with E-state index in [1.807, 2.05) is 0 Å². The Labute approximate surface area is 209 Å². The Morgan fingerprint density at radius 1 is 1.22 bits per heavy atom. The molecule has 5 atom stereocenters. The Morgan fingerprint density at radius 2 is 1.83 bits per heavy atom. The molecule has 1 fully saturated rings. The zero-order valence-corrected chi connectivity index (χ0v) is 20.2. The van der Waals surface area contributed by atoms with Gasteiger partial charge in [-0.15, -0.1) is 0 Å². The third-order valence-corrected chi connectivity index (χ3v) is 7.62. The van der Waals surface area contributed by atoms with Crippen molar-refractivity contribution < 1.29 is 52.0 Å². The Bertz CT molecular complexity index is 1400. The van der Waals surface area contributed by atoms with Crippen LogP contribution in [-0.4, -0.2) is 81.5 Å². The molecule has 13 nitrogen and oxygen atoms in total. The zero-order chi connectivity index (χ0) is 27.1. The lowest BCUT2D eigenvalue weighted by Gasteiger charge is -2.51. The Morgan fingerprint density at radius 3 is 2.36 bits per heavy atom. The molecule has 0 radical (unpaired) electrons. The number of amides is 1. The molecule has 7 N–H and O–H groups in total. The van der Waals surface area contributed by atoms with Crippen molar-refractivity contribution in [2.45, 2.75) is 24.2 Å². The van der Waals surface area contributed by atoms with E-state index in [9.17, 15) is 47.8 Å². The molecule has 0 bridgehead atoms. The van der Waals surface area contributed by atoms with Gasteiger partial charge in [-0.2, -0.15) is 8.42 Å². The summed E-state index contributed by atoms with van der Waals surface area (Å²) in [6, 6.07) is 0.793. The second kappa shape index (κ2) is 8.26. The molecule has 36 heavy (non-hydrogen) atoms. The van der Waals surface area contributed by atoms with Gasteiger partial charge in [0.05, 0.1) is 11.6 Å². The number of primary amides is 1. The van der Waals surface area contributed by atoms with E-state index in [1.54, 1.807) is 0 Å². The van der Waals surface area contributed by atoms with Crippen LogP contribution in [-0.2, 0) is 29.0 Å². The number of fused-ring (bicyclic) bond motifs is 3. The first-order valence-corrected chi connectivity index (χ1v) is 12.1. The fourth-order valence-corrected chi connectivity index (χ4v) is 6.22. The van der Waals surface area contributed by atoms with Crippen LogP contribution in [0.15, 0.2) is 29.0 Å². The predicted molar refractivity (Wildman–Crippen MR) is 121 cm³/mol. The SMILES string of the molecule is CN(C)[C@@H]1C(=O)C(C(N)=O)=C(O)[C@@]2(O)C(=O)C3=C(O)c4c(O)ccc(Cl)c4[C@@H](OS(=O)(=O)O)[C@H]3C[C@@H]12. The summed E-state index contributed by atoms with van der Waals surface area (Å²) >= 11 is 6.22. The molecule has 194 valence electrons. The number of ketones is 2. The van der Waals surface area contributed by atoms with Crippen molar-refractivity contribution in [3.63, 3.8) is 0 Å². The van der Waals surface area contributed by atoms with Crippen molar-refractivity contribution in [1.82, 2.24) is 4.90 Å². The van der Waals surface area contributed by atoms with Crippen molar-refractivity contribution in [1.29, 1.82) is 0 Å². The van der Waals surface area contributed by atoms with Gasteiger partial charge in [0, 0.05) is 28.0 Å². The van der Waals surface area contributed by atoms with E-state index < -0.39 is 97.9 Å². The molecule has 0 saturated heterocycles. The van der Waals surface area contributed by atoms with Crippen LogP contribution in [0.4, 0.5) is 0 Å². The number of aliphatic hydroxyl groups excluding tert-OH is 2. The Kier molecular flexibility index (Phi) is 5.98. The minimum Gasteiger partial charge on any atom is -0.508 e. The number of hydrogen-bond donors (Lipinski definition) is 6. The van der Waals surface area contributed by atoms with E-state index in [-0.39, 0.29) is 10.6 Å². The second-order valence-corrected chi connectivity index (χ2v) is 10.4. The summed E-state index contributed by atoms with van der Waals surface area (Å²) in [6.07, 6.45) is -2.28. The molecule has 15 heteroatoms. The molecule has 0 unspecified atom stereocenters.